The van der Waals surface area contributed by atoms with Gasteiger partial charge in [-0.3, -0.25) is 0 Å². The molecule has 0 spiro atoms. The molecule has 4 aromatic carbocycles. The molecule has 0 aliphatic rings. The Morgan fingerprint density at radius 2 is 1.43 bits per heavy atom. The van der Waals surface area contributed by atoms with Gasteiger partial charge in [-0.05, 0) is 46.6 Å². The summed E-state index contributed by atoms with van der Waals surface area (Å²) in [5, 5.41) is 8.77. The molecule has 0 aliphatic carbocycles. The zero-order valence-corrected chi connectivity index (χ0v) is 23.7. The second-order valence-corrected chi connectivity index (χ2v) is 16.5. The van der Waals surface area contributed by atoms with Crippen LogP contribution in [0.25, 0.3) is 43.5 Å². The van der Waals surface area contributed by atoms with E-state index in [0.717, 1.165) is 17.7 Å². The van der Waals surface area contributed by atoms with Crippen molar-refractivity contribution in [3.63, 3.8) is 0 Å². The highest BCUT2D eigenvalue weighted by atomic mass is 31.1. The van der Waals surface area contributed by atoms with Gasteiger partial charge in [0, 0.05) is 23.4 Å². The molecule has 5 rings (SSSR count). The summed E-state index contributed by atoms with van der Waals surface area (Å²) in [5.41, 5.74) is 1.98. The van der Waals surface area contributed by atoms with Crippen LogP contribution in [0.1, 0.15) is 34.6 Å². The van der Waals surface area contributed by atoms with Gasteiger partial charge in [-0.25, -0.2) is 4.67 Å². The molecule has 0 fully saturated rings. The Morgan fingerprint density at radius 3 is 2.06 bits per heavy atom. The fourth-order valence-electron chi connectivity index (χ4n) is 5.29. The van der Waals surface area contributed by atoms with Crippen LogP contribution in [-0.2, 0) is 0 Å². The number of hydrogen-bond acceptors (Lipinski definition) is 3. The van der Waals surface area contributed by atoms with E-state index in [0.29, 0.717) is 6.04 Å². The Hall–Kier alpha value is -2.52. The first-order chi connectivity index (χ1) is 16.9. The zero-order valence-electron chi connectivity index (χ0n) is 21.8. The van der Waals surface area contributed by atoms with Gasteiger partial charge in [-0.15, -0.1) is 0 Å². The van der Waals surface area contributed by atoms with Crippen molar-refractivity contribution < 1.29 is 8.39 Å². The molecular weight excluding hydrogens is 465 g/mol. The highest BCUT2D eigenvalue weighted by Crippen LogP contribution is 2.42. The molecule has 0 saturated heterocycles. The molecule has 0 amide bonds. The van der Waals surface area contributed by atoms with E-state index in [1.165, 1.54) is 49.6 Å². The third-order valence-electron chi connectivity index (χ3n) is 7.83. The first-order valence-corrected chi connectivity index (χ1v) is 17.0. The Labute approximate surface area is 210 Å². The zero-order chi connectivity index (χ0) is 24.7. The normalized spacial score (nSPS) is 13.1. The summed E-state index contributed by atoms with van der Waals surface area (Å²) >= 11 is 0. The van der Waals surface area contributed by atoms with Crippen LogP contribution < -0.4 is 9.86 Å². The molecule has 1 unspecified atom stereocenters. The highest BCUT2D eigenvalue weighted by Gasteiger charge is 2.30. The van der Waals surface area contributed by atoms with Crippen molar-refractivity contribution >= 4 is 64.9 Å². The molecule has 3 nitrogen and oxygen atoms in total. The highest BCUT2D eigenvalue weighted by molar-refractivity contribution is 7.39. The Kier molecular flexibility index (Phi) is 6.56. The molecule has 1 aromatic heterocycles. The third kappa shape index (κ3) is 4.02. The standard InChI is InChI=1S/C30H36NO2PSi/c1-7-31(21(4)5)34-32-26-19-18-22-14-10-12-16-24(22)28(26)29-25-17-13-11-15-23(25)20-27(30(29)33-34)35(6,8-2)9-3/h10-21H,7-9H2,1-6H3. The maximum atomic E-state index is 7.10. The number of rotatable bonds is 6. The van der Waals surface area contributed by atoms with Crippen molar-refractivity contribution in [3.8, 4) is 0 Å². The summed E-state index contributed by atoms with van der Waals surface area (Å²) in [6, 6.07) is 26.9. The van der Waals surface area contributed by atoms with Crippen LogP contribution in [-0.4, -0.2) is 20.7 Å². The molecule has 1 atom stereocenters. The van der Waals surface area contributed by atoms with Crippen LogP contribution in [0.4, 0.5) is 0 Å². The molecule has 5 heteroatoms. The van der Waals surface area contributed by atoms with Crippen molar-refractivity contribution in [2.45, 2.75) is 59.3 Å². The number of benzene rings is 4. The lowest BCUT2D eigenvalue weighted by atomic mass is 9.98. The Balaban J connectivity index is 2.15. The average molecular weight is 502 g/mol. The van der Waals surface area contributed by atoms with Crippen molar-refractivity contribution in [1.82, 2.24) is 0 Å². The molecular formula is C30H36NO2PSi. The van der Waals surface area contributed by atoms with E-state index in [-0.39, 0.29) is 0 Å². The number of hydrogen-bond donors (Lipinski definition) is 0. The maximum Gasteiger partial charge on any atom is 0.309 e. The molecule has 0 aliphatic heterocycles. The van der Waals surface area contributed by atoms with Gasteiger partial charge in [0.05, 0.1) is 8.07 Å². The minimum atomic E-state index is -1.77. The van der Waals surface area contributed by atoms with Gasteiger partial charge in [-0.2, -0.15) is 0 Å². The lowest BCUT2D eigenvalue weighted by Gasteiger charge is -2.26. The van der Waals surface area contributed by atoms with Crippen LogP contribution in [0.15, 0.2) is 75.1 Å². The minimum Gasteiger partial charge on any atom is -0.408 e. The van der Waals surface area contributed by atoms with E-state index in [1.807, 2.05) is 0 Å². The summed E-state index contributed by atoms with van der Waals surface area (Å²) in [7, 11) is -3.07. The Morgan fingerprint density at radius 1 is 0.800 bits per heavy atom. The molecule has 182 valence electrons. The second kappa shape index (κ2) is 9.50. The largest absolute Gasteiger partial charge is 0.408 e. The first kappa shape index (κ1) is 24.2. The van der Waals surface area contributed by atoms with Gasteiger partial charge in [0.25, 0.3) is 0 Å². The lowest BCUT2D eigenvalue weighted by Crippen LogP contribution is -2.43. The van der Waals surface area contributed by atoms with Gasteiger partial charge in [-0.1, -0.05) is 100 Å². The summed E-state index contributed by atoms with van der Waals surface area (Å²) in [4.78, 5) is 0. The van der Waals surface area contributed by atoms with Gasteiger partial charge >= 0.3 is 8.16 Å². The molecule has 0 saturated carbocycles. The van der Waals surface area contributed by atoms with E-state index in [2.05, 4.69) is 113 Å². The average Bonchev–Trinajstić information content (AvgIpc) is 3.05. The van der Waals surface area contributed by atoms with Gasteiger partial charge in [0.2, 0.25) is 0 Å². The van der Waals surface area contributed by atoms with Gasteiger partial charge in [0.1, 0.15) is 11.2 Å². The Bertz CT molecular complexity index is 1570. The summed E-state index contributed by atoms with van der Waals surface area (Å²) in [6.07, 6.45) is 0. The monoisotopic (exact) mass is 501 g/mol. The number of fused-ring (bicyclic) bond motifs is 7. The third-order valence-corrected chi connectivity index (χ3v) is 14.5. The molecule has 5 aromatic rings. The van der Waals surface area contributed by atoms with E-state index in [1.54, 1.807) is 0 Å². The smallest absolute Gasteiger partial charge is 0.309 e. The van der Waals surface area contributed by atoms with E-state index >= 15 is 0 Å². The minimum absolute atomic E-state index is 0.321. The predicted octanol–water partition coefficient (Wildman–Crippen LogP) is 9.29. The van der Waals surface area contributed by atoms with Gasteiger partial charge in [0.15, 0.2) is 0 Å². The summed E-state index contributed by atoms with van der Waals surface area (Å²) in [6.45, 7) is 14.7. The molecule has 0 N–H and O–H groups in total. The van der Waals surface area contributed by atoms with Crippen molar-refractivity contribution in [1.29, 1.82) is 0 Å². The fourth-order valence-corrected chi connectivity index (χ4v) is 9.39. The summed E-state index contributed by atoms with van der Waals surface area (Å²) in [5.74, 6) is 0. The van der Waals surface area contributed by atoms with Crippen LogP contribution in [0.2, 0.25) is 18.6 Å². The van der Waals surface area contributed by atoms with Crippen molar-refractivity contribution in [3.05, 3.63) is 66.7 Å². The topological polar surface area (TPSA) is 29.5 Å². The molecule has 0 radical (unpaired) electrons. The first-order valence-electron chi connectivity index (χ1n) is 12.9. The quantitative estimate of drug-likeness (QED) is 0.217. The van der Waals surface area contributed by atoms with E-state index < -0.39 is 16.2 Å². The summed E-state index contributed by atoms with van der Waals surface area (Å²) < 4.78 is 16.3. The fraction of sp³-hybridized carbons (Fsp3) is 0.333. The molecule has 35 heavy (non-hydrogen) atoms. The maximum absolute atomic E-state index is 7.10. The second-order valence-electron chi connectivity index (χ2n) is 10.0. The van der Waals surface area contributed by atoms with Crippen LogP contribution in [0.3, 0.4) is 0 Å². The van der Waals surface area contributed by atoms with Crippen LogP contribution in [0, 0.1) is 0 Å². The molecule has 1 heterocycles. The van der Waals surface area contributed by atoms with Crippen LogP contribution >= 0.6 is 8.16 Å². The van der Waals surface area contributed by atoms with Crippen molar-refractivity contribution in [2.24, 2.45) is 0 Å². The van der Waals surface area contributed by atoms with Gasteiger partial charge < -0.3 is 8.39 Å². The van der Waals surface area contributed by atoms with E-state index in [9.17, 15) is 0 Å². The van der Waals surface area contributed by atoms with Crippen LogP contribution in [0.5, 0.6) is 0 Å². The predicted molar refractivity (Wildman–Crippen MR) is 157 cm³/mol. The lowest BCUT2D eigenvalue weighted by molar-refractivity contribution is 0.605. The molecule has 0 bridgehead atoms. The number of nitrogens with zero attached hydrogens (tertiary/aromatic N) is 1. The van der Waals surface area contributed by atoms with Crippen molar-refractivity contribution in [2.75, 3.05) is 11.2 Å². The SMILES string of the molecule is CCN(C(C)C)p1oc2ccc3ccccc3c2c2c(o1)c([Si](C)(CC)CC)cc1ccccc12. The van der Waals surface area contributed by atoms with E-state index in [4.69, 9.17) is 8.39 Å².